The number of hydrogen-bond donors (Lipinski definition) is 3. The summed E-state index contributed by atoms with van der Waals surface area (Å²) in [6.07, 6.45) is -0.902. The maximum atomic E-state index is 13.8. The number of nitrogen functional groups attached to an aromatic ring is 1. The number of nitrogens with zero attached hydrogens (tertiary/aromatic N) is 4. The molecule has 0 amide bonds. The molecule has 3 aromatic rings. The van der Waals surface area contributed by atoms with Gasteiger partial charge >= 0.3 is 13.6 Å². The van der Waals surface area contributed by atoms with Crippen molar-refractivity contribution in [3.05, 3.63) is 54.5 Å². The number of carbonyl (C=O) groups excluding carboxylic acids is 1. The van der Waals surface area contributed by atoms with Gasteiger partial charge in [0.1, 0.15) is 53.5 Å². The number of rotatable bonds is 13. The van der Waals surface area contributed by atoms with Crippen LogP contribution in [0.4, 0.5) is 5.82 Å². The van der Waals surface area contributed by atoms with Crippen molar-refractivity contribution in [2.75, 3.05) is 18.9 Å². The van der Waals surface area contributed by atoms with Crippen LogP contribution in [0.25, 0.3) is 5.52 Å². The molecule has 1 fully saturated rings. The normalized spacial score (nSPS) is 24.7. The van der Waals surface area contributed by atoms with Gasteiger partial charge in [-0.1, -0.05) is 44.9 Å². The Morgan fingerprint density at radius 1 is 1.24 bits per heavy atom. The molecular weight excluding hydrogens is 565 g/mol. The molecule has 1 aliphatic heterocycles. The summed E-state index contributed by atoms with van der Waals surface area (Å²) in [4.78, 5) is 20.6. The zero-order chi connectivity index (χ0) is 30.5. The molecular formula is C28H38N5O8P. The lowest BCUT2D eigenvalue weighted by Gasteiger charge is -2.27. The predicted molar refractivity (Wildman–Crippen MR) is 155 cm³/mol. The molecule has 228 valence electrons. The highest BCUT2D eigenvalue weighted by molar-refractivity contribution is 7.70. The monoisotopic (exact) mass is 603 g/mol. The third-order valence-electron chi connectivity index (χ3n) is 7.44. The summed E-state index contributed by atoms with van der Waals surface area (Å²) in [6, 6.07) is 10.7. The second kappa shape index (κ2) is 13.3. The third kappa shape index (κ3) is 6.82. The van der Waals surface area contributed by atoms with E-state index in [-0.39, 0.29) is 24.1 Å². The number of aliphatic hydroxyl groups is 2. The lowest BCUT2D eigenvalue weighted by molar-refractivity contribution is -0.146. The smallest absolute Gasteiger partial charge is 0.421 e. The van der Waals surface area contributed by atoms with Crippen LogP contribution >= 0.6 is 7.60 Å². The van der Waals surface area contributed by atoms with Crippen molar-refractivity contribution < 1.29 is 38.1 Å². The predicted octanol–water partition coefficient (Wildman–Crippen LogP) is 3.33. The molecule has 0 aliphatic carbocycles. The summed E-state index contributed by atoms with van der Waals surface area (Å²) in [5.74, 6) is 1.11. The number of anilines is 1. The average Bonchev–Trinajstić information content (AvgIpc) is 3.52. The van der Waals surface area contributed by atoms with E-state index >= 15 is 0 Å². The first-order valence-electron chi connectivity index (χ1n) is 13.8. The number of carbonyl (C=O) groups is 1. The van der Waals surface area contributed by atoms with Gasteiger partial charge in [0.15, 0.2) is 5.82 Å². The molecule has 2 aromatic heterocycles. The number of aliphatic hydroxyl groups excluding tert-OH is 2. The molecule has 3 heterocycles. The van der Waals surface area contributed by atoms with Crippen molar-refractivity contribution in [2.24, 2.45) is 10.9 Å². The number of esters is 1. The first kappa shape index (κ1) is 31.6. The van der Waals surface area contributed by atoms with Crippen molar-refractivity contribution in [2.45, 2.75) is 70.5 Å². The van der Waals surface area contributed by atoms with E-state index in [1.807, 2.05) is 13.8 Å². The van der Waals surface area contributed by atoms with Gasteiger partial charge in [-0.15, -0.1) is 0 Å². The van der Waals surface area contributed by atoms with Crippen molar-refractivity contribution in [1.29, 1.82) is 0 Å². The highest BCUT2D eigenvalue weighted by Crippen LogP contribution is 2.48. The molecule has 0 bridgehead atoms. The number of hydrogen-bond acceptors (Lipinski definition) is 12. The molecule has 14 heteroatoms. The number of benzene rings is 1. The first-order chi connectivity index (χ1) is 20.0. The average molecular weight is 604 g/mol. The summed E-state index contributed by atoms with van der Waals surface area (Å²) in [7, 11) is -4.15. The van der Waals surface area contributed by atoms with Gasteiger partial charge in [-0.05, 0) is 44.0 Å². The molecule has 0 saturated carbocycles. The number of fused-ring (bicyclic) bond motifs is 1. The molecule has 4 rings (SSSR count). The summed E-state index contributed by atoms with van der Waals surface area (Å²) >= 11 is 0. The fourth-order valence-electron chi connectivity index (χ4n) is 4.63. The summed E-state index contributed by atoms with van der Waals surface area (Å²) in [5, 5.41) is 26.1. The van der Waals surface area contributed by atoms with Crippen molar-refractivity contribution in [3.8, 4) is 5.75 Å². The van der Waals surface area contributed by atoms with Gasteiger partial charge in [-0.2, -0.15) is 5.10 Å². The minimum absolute atomic E-state index is 0.236. The number of aliphatic imine (C=N–C) groups is 1. The maximum absolute atomic E-state index is 13.8. The fourth-order valence-corrected chi connectivity index (χ4v) is 5.93. The summed E-state index contributed by atoms with van der Waals surface area (Å²) in [5.41, 5.74) is 5.44. The van der Waals surface area contributed by atoms with E-state index in [1.165, 1.54) is 17.8 Å². The van der Waals surface area contributed by atoms with Gasteiger partial charge < -0.3 is 29.9 Å². The van der Waals surface area contributed by atoms with E-state index in [9.17, 15) is 19.6 Å². The van der Waals surface area contributed by atoms with Crippen LogP contribution in [-0.4, -0.2) is 74.3 Å². The highest BCUT2D eigenvalue weighted by atomic mass is 31.2. The Morgan fingerprint density at radius 3 is 2.64 bits per heavy atom. The van der Waals surface area contributed by atoms with Crippen molar-refractivity contribution in [3.63, 3.8) is 0 Å². The Bertz CT molecular complexity index is 1430. The topological polar surface area (TPSA) is 180 Å². The second-order valence-corrected chi connectivity index (χ2v) is 12.1. The van der Waals surface area contributed by atoms with Gasteiger partial charge in [0, 0.05) is 0 Å². The van der Waals surface area contributed by atoms with Crippen LogP contribution in [0, 0.1) is 5.92 Å². The second-order valence-electron chi connectivity index (χ2n) is 10.4. The number of para-hydroxylation sites is 1. The minimum Gasteiger partial charge on any atom is -0.464 e. The van der Waals surface area contributed by atoms with Crippen molar-refractivity contribution >= 4 is 30.9 Å². The molecule has 0 spiro atoms. The molecule has 42 heavy (non-hydrogen) atoms. The Morgan fingerprint density at radius 2 is 1.95 bits per heavy atom. The van der Waals surface area contributed by atoms with Gasteiger partial charge in [-0.3, -0.25) is 9.52 Å². The summed E-state index contributed by atoms with van der Waals surface area (Å²) in [6.45, 7) is 7.00. The molecule has 1 saturated heterocycles. The van der Waals surface area contributed by atoms with E-state index in [1.54, 1.807) is 49.4 Å². The van der Waals surface area contributed by atoms with Gasteiger partial charge in [0.25, 0.3) is 0 Å². The number of ether oxygens (including phenoxy) is 2. The van der Waals surface area contributed by atoms with Crippen LogP contribution in [0.5, 0.6) is 5.75 Å². The molecule has 0 radical (unpaired) electrons. The van der Waals surface area contributed by atoms with Crippen LogP contribution in [-0.2, 0) is 29.0 Å². The van der Waals surface area contributed by atoms with Crippen LogP contribution in [0.1, 0.15) is 46.2 Å². The van der Waals surface area contributed by atoms with Crippen molar-refractivity contribution in [1.82, 2.24) is 14.6 Å². The Balaban J connectivity index is 1.50. The zero-order valence-corrected chi connectivity index (χ0v) is 25.0. The Labute approximate surface area is 244 Å². The quantitative estimate of drug-likeness (QED) is 0.148. The lowest BCUT2D eigenvalue weighted by atomic mass is 9.93. The standard InChI is InChI=1S/C28H38N5O8P/c1-5-19(6-2)14-38-27(36)18(3)31-17-42(37,41-20-10-8-7-9-11-20)39-15-22-24(34)25(35)28(4,40-22)23-13-12-21-26(29)30-16-32-33(21)23/h7-13,16-19,22,24-25,34-35H,5-6,14-15H2,1-4H3,(H2,29,30,32)/t18-,22+,24+,25+,28-,42?/m0/s1. The van der Waals surface area contributed by atoms with Gasteiger partial charge in [0.2, 0.25) is 0 Å². The Hall–Kier alpha value is -3.35. The molecule has 1 aromatic carbocycles. The van der Waals surface area contributed by atoms with Crippen LogP contribution < -0.4 is 10.3 Å². The van der Waals surface area contributed by atoms with E-state index in [0.29, 0.717) is 11.2 Å². The van der Waals surface area contributed by atoms with E-state index in [0.717, 1.165) is 18.8 Å². The van der Waals surface area contributed by atoms with Crippen LogP contribution in [0.15, 0.2) is 53.8 Å². The maximum Gasteiger partial charge on any atom is 0.421 e. The Kier molecular flexibility index (Phi) is 10.0. The van der Waals surface area contributed by atoms with E-state index in [4.69, 9.17) is 24.3 Å². The van der Waals surface area contributed by atoms with E-state index in [2.05, 4.69) is 15.1 Å². The first-order valence-corrected chi connectivity index (χ1v) is 15.4. The summed E-state index contributed by atoms with van der Waals surface area (Å²) < 4.78 is 38.2. The molecule has 1 unspecified atom stereocenters. The fraction of sp³-hybridized carbons (Fsp3) is 0.500. The lowest BCUT2D eigenvalue weighted by Crippen LogP contribution is -2.39. The zero-order valence-electron chi connectivity index (χ0n) is 24.1. The SMILES string of the molecule is CCC(CC)COC(=O)[C@H](C)N=CP(=O)(OC[C@H]1O[C@@](C)(c2ccc3c(N)ncnn23)[C@H](O)[C@@H]1O)Oc1ccccc1. The highest BCUT2D eigenvalue weighted by Gasteiger charge is 2.54. The number of nitrogens with two attached hydrogens (primary N) is 1. The van der Waals surface area contributed by atoms with Crippen LogP contribution in [0.3, 0.4) is 0 Å². The molecule has 13 nitrogen and oxygen atoms in total. The van der Waals surface area contributed by atoms with Crippen LogP contribution in [0.2, 0.25) is 0 Å². The van der Waals surface area contributed by atoms with Gasteiger partial charge in [0.05, 0.1) is 18.9 Å². The molecule has 6 atom stereocenters. The molecule has 1 aliphatic rings. The van der Waals surface area contributed by atoms with Gasteiger partial charge in [-0.25, -0.2) is 18.9 Å². The largest absolute Gasteiger partial charge is 0.464 e. The molecule has 4 N–H and O–H groups in total. The van der Waals surface area contributed by atoms with E-state index < -0.39 is 50.1 Å². The number of aromatic nitrogens is 3. The third-order valence-corrected chi connectivity index (χ3v) is 8.83. The minimum atomic E-state index is -4.15.